The molecule has 370 valence electrons. The lowest BCUT2D eigenvalue weighted by Crippen LogP contribution is -2.56. The molecule has 0 bridgehead atoms. The van der Waals surface area contributed by atoms with Crippen molar-refractivity contribution in [1.29, 1.82) is 0 Å². The summed E-state index contributed by atoms with van der Waals surface area (Å²) in [5.74, 6) is -2.59. The van der Waals surface area contributed by atoms with E-state index in [9.17, 15) is 28.0 Å². The number of ether oxygens (including phenoxy) is 4. The molecule has 0 fully saturated rings. The Kier molecular flexibility index (Phi) is 38.1. The van der Waals surface area contributed by atoms with Crippen molar-refractivity contribution < 1.29 is 46.9 Å². The number of carbonyl (C=O) groups is 4. The lowest BCUT2D eigenvalue weighted by Gasteiger charge is -2.27. The van der Waals surface area contributed by atoms with Crippen molar-refractivity contribution in [1.82, 2.24) is 5.32 Å². The van der Waals surface area contributed by atoms with Gasteiger partial charge in [-0.25, -0.2) is 18.4 Å². The Labute approximate surface area is 396 Å². The highest BCUT2D eigenvalue weighted by Gasteiger charge is 2.45. The fourth-order valence-electron chi connectivity index (χ4n) is 5.57. The molecule has 0 aliphatic rings. The quantitative estimate of drug-likeness (QED) is 0.0269. The molecule has 0 aromatic carbocycles. The molecule has 1 amide bonds. The van der Waals surface area contributed by atoms with Crippen LogP contribution in [0.15, 0.2) is 122 Å². The van der Waals surface area contributed by atoms with E-state index in [0.717, 1.165) is 64.2 Å². The molecule has 0 radical (unpaired) electrons. The molecule has 0 heterocycles. The van der Waals surface area contributed by atoms with E-state index in [1.807, 2.05) is 24.3 Å². The zero-order valence-electron chi connectivity index (χ0n) is 40.7. The molecule has 2 unspecified atom stereocenters. The van der Waals surface area contributed by atoms with Gasteiger partial charge in [0.15, 0.2) is 11.6 Å². The number of halogens is 2. The first-order chi connectivity index (χ1) is 31.7. The normalized spacial score (nSPS) is 14.3. The minimum Gasteiger partial charge on any atom is -0.462 e. The smallest absolute Gasteiger partial charge is 0.407 e. The summed E-state index contributed by atoms with van der Waals surface area (Å²) in [5, 5.41) is 2.44. The van der Waals surface area contributed by atoms with E-state index in [4.69, 9.17) is 24.7 Å². The molecular formula is C54H82F2N2O8. The number of esters is 3. The molecule has 66 heavy (non-hydrogen) atoms. The molecule has 0 rings (SSSR count). The van der Waals surface area contributed by atoms with Crippen molar-refractivity contribution in [3.63, 3.8) is 0 Å². The van der Waals surface area contributed by atoms with Crippen LogP contribution in [0.2, 0.25) is 0 Å². The van der Waals surface area contributed by atoms with Gasteiger partial charge in [-0.05, 0) is 124 Å². The molecule has 0 aliphatic heterocycles. The molecule has 2 atom stereocenters. The molecule has 0 saturated carbocycles. The summed E-state index contributed by atoms with van der Waals surface area (Å²) in [5.41, 5.74) is 2.39. The van der Waals surface area contributed by atoms with Crippen molar-refractivity contribution in [3.05, 3.63) is 122 Å². The van der Waals surface area contributed by atoms with Gasteiger partial charge in [-0.15, -0.1) is 0 Å². The Morgan fingerprint density at radius 2 is 0.924 bits per heavy atom. The van der Waals surface area contributed by atoms with Crippen LogP contribution in [0.4, 0.5) is 13.6 Å². The van der Waals surface area contributed by atoms with Gasteiger partial charge in [0.05, 0.1) is 0 Å². The van der Waals surface area contributed by atoms with Crippen LogP contribution < -0.4 is 11.1 Å². The summed E-state index contributed by atoms with van der Waals surface area (Å²) in [6.07, 6.45) is 47.7. The summed E-state index contributed by atoms with van der Waals surface area (Å²) in [6.45, 7) is 8.09. The average molecular weight is 925 g/mol. The van der Waals surface area contributed by atoms with E-state index in [1.165, 1.54) is 0 Å². The van der Waals surface area contributed by atoms with Gasteiger partial charge < -0.3 is 30.0 Å². The number of allylic oxidation sites excluding steroid dienone is 20. The van der Waals surface area contributed by atoms with Crippen molar-refractivity contribution >= 4 is 24.0 Å². The molecule has 0 aromatic heterocycles. The minimum atomic E-state index is -3.30. The zero-order chi connectivity index (χ0) is 49.0. The van der Waals surface area contributed by atoms with Crippen LogP contribution in [0.5, 0.6) is 0 Å². The number of nitrogens with one attached hydrogen (secondary N) is 1. The summed E-state index contributed by atoms with van der Waals surface area (Å²) >= 11 is 0. The first-order valence-electron chi connectivity index (χ1n) is 23.8. The molecule has 12 heteroatoms. The molecule has 0 aliphatic carbocycles. The van der Waals surface area contributed by atoms with Gasteiger partial charge >= 0.3 is 24.0 Å². The Hall–Kier alpha value is -5.10. The van der Waals surface area contributed by atoms with Gasteiger partial charge in [-0.1, -0.05) is 135 Å². The monoisotopic (exact) mass is 925 g/mol. The third kappa shape index (κ3) is 38.2. The van der Waals surface area contributed by atoms with Crippen LogP contribution in [-0.4, -0.2) is 67.4 Å². The Bertz CT molecular complexity index is 1620. The number of rotatable bonds is 37. The lowest BCUT2D eigenvalue weighted by molar-refractivity contribution is -0.171. The van der Waals surface area contributed by atoms with Crippen LogP contribution in [0.3, 0.4) is 0 Å². The lowest BCUT2D eigenvalue weighted by atomic mass is 9.95. The van der Waals surface area contributed by atoms with Crippen molar-refractivity contribution in [2.24, 2.45) is 5.73 Å². The van der Waals surface area contributed by atoms with Crippen LogP contribution in [-0.2, 0) is 33.3 Å². The van der Waals surface area contributed by atoms with E-state index in [1.54, 1.807) is 20.8 Å². The molecule has 0 spiro atoms. The van der Waals surface area contributed by atoms with E-state index in [0.29, 0.717) is 25.7 Å². The molecule has 0 aromatic rings. The predicted molar refractivity (Wildman–Crippen MR) is 265 cm³/mol. The van der Waals surface area contributed by atoms with Crippen LogP contribution in [0.25, 0.3) is 0 Å². The fourth-order valence-corrected chi connectivity index (χ4v) is 5.57. The first kappa shape index (κ1) is 60.9. The number of alkyl halides is 2. The van der Waals surface area contributed by atoms with E-state index in [-0.39, 0.29) is 25.8 Å². The topological polar surface area (TPSA) is 143 Å². The maximum Gasteiger partial charge on any atom is 0.407 e. The number of alkyl carbamates (subject to hydrolysis) is 1. The molecule has 3 N–H and O–H groups in total. The highest BCUT2D eigenvalue weighted by atomic mass is 19.3. The second kappa shape index (κ2) is 41.3. The Balaban J connectivity index is 5.04. The largest absolute Gasteiger partial charge is 0.462 e. The van der Waals surface area contributed by atoms with Gasteiger partial charge in [0, 0.05) is 19.4 Å². The minimum absolute atomic E-state index is 0.0302. The average Bonchev–Trinajstić information content (AvgIpc) is 3.27. The van der Waals surface area contributed by atoms with Gasteiger partial charge in [0.2, 0.25) is 0 Å². The number of unbranched alkanes of at least 4 members (excludes halogenated alkanes) is 2. The van der Waals surface area contributed by atoms with Crippen LogP contribution in [0, 0.1) is 0 Å². The fraction of sp³-hybridized carbons (Fsp3) is 0.556. The third-order valence-corrected chi connectivity index (χ3v) is 9.15. The van der Waals surface area contributed by atoms with Crippen LogP contribution in [0.1, 0.15) is 150 Å². The number of hydrogen-bond acceptors (Lipinski definition) is 9. The highest BCUT2D eigenvalue weighted by Crippen LogP contribution is 2.22. The van der Waals surface area contributed by atoms with Gasteiger partial charge in [-0.2, -0.15) is 0 Å². The number of carbonyl (C=O) groups excluding carboxylic acids is 4. The first-order valence-corrected chi connectivity index (χ1v) is 23.8. The van der Waals surface area contributed by atoms with Gasteiger partial charge in [0.25, 0.3) is 6.43 Å². The SMILES string of the molecule is CCC=CCC=CCC=CCC=CCC=CCCCC(=O)OCC(COC(=O)C(N)(CCCNC(=O)OC(C)(C)C)C(F)F)OC(=O)CCCC=CCC=CCC=CCC=CCC=CCC. The molecule has 0 saturated heterocycles. The predicted octanol–water partition coefficient (Wildman–Crippen LogP) is 13.1. The Morgan fingerprint density at radius 3 is 1.32 bits per heavy atom. The van der Waals surface area contributed by atoms with Crippen LogP contribution >= 0.6 is 0 Å². The molecular weight excluding hydrogens is 843 g/mol. The third-order valence-electron chi connectivity index (χ3n) is 9.15. The van der Waals surface area contributed by atoms with E-state index in [2.05, 4.69) is 116 Å². The highest BCUT2D eigenvalue weighted by molar-refractivity contribution is 5.81. The van der Waals surface area contributed by atoms with Crippen molar-refractivity contribution in [2.75, 3.05) is 19.8 Å². The van der Waals surface area contributed by atoms with E-state index < -0.39 is 67.3 Å². The summed E-state index contributed by atoms with van der Waals surface area (Å²) in [6, 6.07) is 0. The second-order valence-corrected chi connectivity index (χ2v) is 16.5. The summed E-state index contributed by atoms with van der Waals surface area (Å²) < 4.78 is 49.5. The Morgan fingerprint density at radius 1 is 0.545 bits per heavy atom. The number of nitrogens with two attached hydrogens (primary N) is 1. The van der Waals surface area contributed by atoms with E-state index >= 15 is 0 Å². The second-order valence-electron chi connectivity index (χ2n) is 16.5. The maximum absolute atomic E-state index is 14.2. The maximum atomic E-state index is 14.2. The standard InChI is InChI=1S/C54H82F2N2O8/c1-6-8-10-12-14-16-18-20-22-24-26-28-30-32-34-36-38-41-48(59)63-45-47(46-64-51(61)54(57,50(55)56)43-40-44-58-52(62)66-53(3,4)5)65-49(60)42-39-37-35-33-31-29-27-25-23-21-19-17-15-13-11-9-7-2/h8-11,14-17,20-23,26-29,32-35,47,50H,6-7,12-13,18-19,24-25,30-31,36-46,57H2,1-5H3,(H,58,62). The summed E-state index contributed by atoms with van der Waals surface area (Å²) in [7, 11) is 0. The van der Waals surface area contributed by atoms with Gasteiger partial charge in [-0.3, -0.25) is 9.59 Å². The summed E-state index contributed by atoms with van der Waals surface area (Å²) in [4.78, 5) is 50.3. The van der Waals surface area contributed by atoms with Crippen molar-refractivity contribution in [3.8, 4) is 0 Å². The van der Waals surface area contributed by atoms with Crippen molar-refractivity contribution in [2.45, 2.75) is 174 Å². The van der Waals surface area contributed by atoms with Gasteiger partial charge in [0.1, 0.15) is 18.8 Å². The number of hydrogen-bond donors (Lipinski definition) is 2. The zero-order valence-corrected chi connectivity index (χ0v) is 40.7. The molecule has 10 nitrogen and oxygen atoms in total. The number of amides is 1.